The summed E-state index contributed by atoms with van der Waals surface area (Å²) in [5, 5.41) is 9.67. The number of aryl methyl sites for hydroxylation is 1. The van der Waals surface area contributed by atoms with Gasteiger partial charge in [-0.05, 0) is 30.9 Å². The molecule has 1 saturated heterocycles. The van der Waals surface area contributed by atoms with Gasteiger partial charge in [0.25, 0.3) is 0 Å². The summed E-state index contributed by atoms with van der Waals surface area (Å²) in [5.41, 5.74) is 2.41. The van der Waals surface area contributed by atoms with E-state index in [2.05, 4.69) is 29.8 Å². The van der Waals surface area contributed by atoms with E-state index < -0.39 is 0 Å². The number of nitrogens with zero attached hydrogens (tertiary/aromatic N) is 2. The average Bonchev–Trinajstić information content (AvgIpc) is 2.27. The Kier molecular flexibility index (Phi) is 3.56. The van der Waals surface area contributed by atoms with E-state index in [4.69, 9.17) is 0 Å². The summed E-state index contributed by atoms with van der Waals surface area (Å²) in [7, 11) is 0. The van der Waals surface area contributed by atoms with Crippen molar-refractivity contribution < 1.29 is 5.11 Å². The predicted octanol–water partition coefficient (Wildman–Crippen LogP) is 1.59. The Labute approximate surface area is 97.1 Å². The second kappa shape index (κ2) is 4.93. The molecule has 0 aromatic carbocycles. The van der Waals surface area contributed by atoms with Crippen LogP contribution in [0.3, 0.4) is 0 Å². The first-order valence-corrected chi connectivity index (χ1v) is 5.97. The number of aromatic nitrogens is 1. The highest BCUT2D eigenvalue weighted by molar-refractivity contribution is 5.17. The van der Waals surface area contributed by atoms with E-state index in [0.29, 0.717) is 5.92 Å². The summed E-state index contributed by atoms with van der Waals surface area (Å²) >= 11 is 0. The van der Waals surface area contributed by atoms with Gasteiger partial charge in [0.05, 0.1) is 11.8 Å². The van der Waals surface area contributed by atoms with Crippen LogP contribution in [0.4, 0.5) is 0 Å². The van der Waals surface area contributed by atoms with E-state index in [0.717, 1.165) is 31.7 Å². The molecule has 2 unspecified atom stereocenters. The van der Waals surface area contributed by atoms with Gasteiger partial charge in [-0.3, -0.25) is 9.88 Å². The Bertz CT molecular complexity index is 354. The maximum Gasteiger partial charge on any atom is 0.0590 e. The van der Waals surface area contributed by atoms with E-state index in [-0.39, 0.29) is 6.10 Å². The summed E-state index contributed by atoms with van der Waals surface area (Å²) in [6.07, 6.45) is 2.61. The molecule has 1 fully saturated rings. The molecule has 0 saturated carbocycles. The monoisotopic (exact) mass is 220 g/mol. The highest BCUT2D eigenvalue weighted by Crippen LogP contribution is 2.18. The molecule has 0 amide bonds. The molecule has 3 heteroatoms. The molecule has 1 aromatic heterocycles. The first kappa shape index (κ1) is 11.6. The van der Waals surface area contributed by atoms with Gasteiger partial charge in [-0.25, -0.2) is 0 Å². The van der Waals surface area contributed by atoms with Gasteiger partial charge in [-0.2, -0.15) is 0 Å². The number of hydrogen-bond acceptors (Lipinski definition) is 3. The van der Waals surface area contributed by atoms with Gasteiger partial charge in [-0.1, -0.05) is 13.0 Å². The number of aliphatic hydroxyl groups excluding tert-OH is 1. The third-order valence-electron chi connectivity index (χ3n) is 3.44. The molecule has 0 bridgehead atoms. The zero-order valence-corrected chi connectivity index (χ0v) is 10.1. The molecule has 3 nitrogen and oxygen atoms in total. The quantitative estimate of drug-likeness (QED) is 0.822. The predicted molar refractivity (Wildman–Crippen MR) is 64.0 cm³/mol. The fraction of sp³-hybridized carbons (Fsp3) is 0.615. The third-order valence-corrected chi connectivity index (χ3v) is 3.44. The van der Waals surface area contributed by atoms with E-state index in [1.807, 2.05) is 12.3 Å². The summed E-state index contributed by atoms with van der Waals surface area (Å²) in [5.74, 6) is 0.373. The number of aliphatic hydroxyl groups is 1. The Morgan fingerprint density at radius 3 is 3.06 bits per heavy atom. The van der Waals surface area contributed by atoms with Gasteiger partial charge in [-0.15, -0.1) is 0 Å². The summed E-state index contributed by atoms with van der Waals surface area (Å²) < 4.78 is 0. The lowest BCUT2D eigenvalue weighted by molar-refractivity contribution is 0.0315. The number of piperidine rings is 1. The van der Waals surface area contributed by atoms with Crippen molar-refractivity contribution >= 4 is 0 Å². The molecule has 88 valence electrons. The van der Waals surface area contributed by atoms with E-state index >= 15 is 0 Å². The van der Waals surface area contributed by atoms with Crippen LogP contribution in [0.1, 0.15) is 24.6 Å². The fourth-order valence-electron chi connectivity index (χ4n) is 2.26. The van der Waals surface area contributed by atoms with Gasteiger partial charge in [0.1, 0.15) is 0 Å². The summed E-state index contributed by atoms with van der Waals surface area (Å²) in [6.45, 7) is 7.06. The normalized spacial score (nSPS) is 26.9. The molecule has 1 aromatic rings. The van der Waals surface area contributed by atoms with Crippen molar-refractivity contribution in [1.82, 2.24) is 9.88 Å². The first-order chi connectivity index (χ1) is 7.66. The molecule has 2 heterocycles. The van der Waals surface area contributed by atoms with Crippen LogP contribution < -0.4 is 0 Å². The largest absolute Gasteiger partial charge is 0.393 e. The van der Waals surface area contributed by atoms with Gasteiger partial charge < -0.3 is 5.11 Å². The second-order valence-corrected chi connectivity index (χ2v) is 4.84. The van der Waals surface area contributed by atoms with Crippen LogP contribution in [0.25, 0.3) is 0 Å². The number of pyridine rings is 1. The zero-order valence-electron chi connectivity index (χ0n) is 10.1. The minimum absolute atomic E-state index is 0.124. The van der Waals surface area contributed by atoms with E-state index in [9.17, 15) is 5.11 Å². The minimum Gasteiger partial charge on any atom is -0.393 e. The van der Waals surface area contributed by atoms with Crippen molar-refractivity contribution in [3.8, 4) is 0 Å². The fourth-order valence-corrected chi connectivity index (χ4v) is 2.26. The minimum atomic E-state index is -0.124. The lowest BCUT2D eigenvalue weighted by Crippen LogP contribution is -2.41. The summed E-state index contributed by atoms with van der Waals surface area (Å²) in [4.78, 5) is 6.79. The third kappa shape index (κ3) is 2.60. The van der Waals surface area contributed by atoms with E-state index in [1.165, 1.54) is 5.56 Å². The Balaban J connectivity index is 1.98. The van der Waals surface area contributed by atoms with E-state index in [1.54, 1.807) is 0 Å². The van der Waals surface area contributed by atoms with Gasteiger partial charge in [0, 0.05) is 25.8 Å². The van der Waals surface area contributed by atoms with Crippen molar-refractivity contribution in [2.75, 3.05) is 13.1 Å². The SMILES string of the molecule is Cc1cccnc1CN1CCC(O)C(C)C1. The maximum absolute atomic E-state index is 9.67. The molecular formula is C13H20N2O. The smallest absolute Gasteiger partial charge is 0.0590 e. The molecule has 0 radical (unpaired) electrons. The number of likely N-dealkylation sites (tertiary alicyclic amines) is 1. The standard InChI is InChI=1S/C13H20N2O/c1-10-4-3-6-14-12(10)9-15-7-5-13(16)11(2)8-15/h3-4,6,11,13,16H,5,7-9H2,1-2H3. The zero-order chi connectivity index (χ0) is 11.5. The topological polar surface area (TPSA) is 36.4 Å². The molecular weight excluding hydrogens is 200 g/mol. The molecule has 16 heavy (non-hydrogen) atoms. The highest BCUT2D eigenvalue weighted by Gasteiger charge is 2.24. The van der Waals surface area contributed by atoms with Crippen LogP contribution >= 0.6 is 0 Å². The molecule has 1 aliphatic rings. The van der Waals surface area contributed by atoms with Crippen LogP contribution in [0.2, 0.25) is 0 Å². The van der Waals surface area contributed by atoms with Crippen molar-refractivity contribution in [2.45, 2.75) is 32.9 Å². The van der Waals surface area contributed by atoms with Gasteiger partial charge >= 0.3 is 0 Å². The molecule has 1 N–H and O–H groups in total. The Morgan fingerprint density at radius 1 is 1.56 bits per heavy atom. The lowest BCUT2D eigenvalue weighted by Gasteiger charge is -2.34. The van der Waals surface area contributed by atoms with Crippen molar-refractivity contribution in [3.05, 3.63) is 29.6 Å². The molecule has 2 atom stereocenters. The van der Waals surface area contributed by atoms with Crippen molar-refractivity contribution in [1.29, 1.82) is 0 Å². The van der Waals surface area contributed by atoms with Crippen LogP contribution in [-0.2, 0) is 6.54 Å². The second-order valence-electron chi connectivity index (χ2n) is 4.84. The van der Waals surface area contributed by atoms with Crippen LogP contribution in [0.15, 0.2) is 18.3 Å². The van der Waals surface area contributed by atoms with Crippen LogP contribution in [0.5, 0.6) is 0 Å². The first-order valence-electron chi connectivity index (χ1n) is 5.97. The number of hydrogen-bond donors (Lipinski definition) is 1. The molecule has 1 aliphatic heterocycles. The van der Waals surface area contributed by atoms with Gasteiger partial charge in [0.2, 0.25) is 0 Å². The van der Waals surface area contributed by atoms with Crippen LogP contribution in [-0.4, -0.2) is 34.2 Å². The molecule has 0 aliphatic carbocycles. The highest BCUT2D eigenvalue weighted by atomic mass is 16.3. The molecule has 2 rings (SSSR count). The average molecular weight is 220 g/mol. The molecule has 0 spiro atoms. The van der Waals surface area contributed by atoms with Crippen molar-refractivity contribution in [2.24, 2.45) is 5.92 Å². The Hall–Kier alpha value is -0.930. The van der Waals surface area contributed by atoms with Gasteiger partial charge in [0.15, 0.2) is 0 Å². The summed E-state index contributed by atoms with van der Waals surface area (Å²) in [6, 6.07) is 4.08. The lowest BCUT2D eigenvalue weighted by atomic mass is 9.96. The maximum atomic E-state index is 9.67. The van der Waals surface area contributed by atoms with Crippen molar-refractivity contribution in [3.63, 3.8) is 0 Å². The van der Waals surface area contributed by atoms with Crippen LogP contribution in [0, 0.1) is 12.8 Å². The number of rotatable bonds is 2. The Morgan fingerprint density at radius 2 is 2.38 bits per heavy atom.